The van der Waals surface area contributed by atoms with Crippen molar-refractivity contribution in [3.05, 3.63) is 35.4 Å². The summed E-state index contributed by atoms with van der Waals surface area (Å²) >= 11 is 5.38. The number of nitrogens with one attached hydrogen (secondary N) is 1. The minimum absolute atomic E-state index is 0.191. The lowest BCUT2D eigenvalue weighted by atomic mass is 10.2. The molecule has 0 aromatic heterocycles. The molecular weight excluding hydrogens is 252 g/mol. The normalized spacial score (nSPS) is 10.3. The van der Waals surface area contributed by atoms with E-state index in [9.17, 15) is 13.6 Å². The van der Waals surface area contributed by atoms with E-state index in [1.165, 1.54) is 0 Å². The Hall–Kier alpha value is -1.20. The van der Waals surface area contributed by atoms with Gasteiger partial charge in [0.15, 0.2) is 0 Å². The Morgan fingerprint density at radius 1 is 1.35 bits per heavy atom. The number of alkyl halides is 1. The van der Waals surface area contributed by atoms with Crippen LogP contribution in [0.25, 0.3) is 0 Å². The van der Waals surface area contributed by atoms with Gasteiger partial charge < -0.3 is 10.1 Å². The highest BCUT2D eigenvalue weighted by Gasteiger charge is 2.11. The van der Waals surface area contributed by atoms with E-state index in [0.717, 1.165) is 12.1 Å². The maximum atomic E-state index is 13.2. The third-order valence-corrected chi connectivity index (χ3v) is 2.08. The highest BCUT2D eigenvalue weighted by molar-refractivity contribution is 6.17. The second-order valence-corrected chi connectivity index (χ2v) is 3.56. The van der Waals surface area contributed by atoms with E-state index in [4.69, 9.17) is 16.3 Å². The smallest absolute Gasteiger partial charge is 0.254 e. The molecule has 1 N–H and O–H groups in total. The Balaban J connectivity index is 2.42. The van der Waals surface area contributed by atoms with Gasteiger partial charge in [0.1, 0.15) is 11.6 Å². The second-order valence-electron chi connectivity index (χ2n) is 3.18. The van der Waals surface area contributed by atoms with Crippen molar-refractivity contribution in [2.45, 2.75) is 0 Å². The van der Waals surface area contributed by atoms with Crippen LogP contribution in [0, 0.1) is 11.6 Å². The van der Waals surface area contributed by atoms with Crippen LogP contribution in [-0.4, -0.2) is 31.5 Å². The first-order valence-electron chi connectivity index (χ1n) is 5.02. The first kappa shape index (κ1) is 13.9. The minimum atomic E-state index is -0.885. The third-order valence-electron chi connectivity index (χ3n) is 1.93. The molecule has 0 saturated carbocycles. The Morgan fingerprint density at radius 3 is 2.76 bits per heavy atom. The summed E-state index contributed by atoms with van der Waals surface area (Å²) in [6.07, 6.45) is 0. The Morgan fingerprint density at radius 2 is 2.12 bits per heavy atom. The lowest BCUT2D eigenvalue weighted by Gasteiger charge is -2.06. The number of carbonyl (C=O) groups is 1. The lowest BCUT2D eigenvalue weighted by molar-refractivity contribution is 0.0919. The maximum absolute atomic E-state index is 13.2. The molecule has 0 fully saturated rings. The van der Waals surface area contributed by atoms with Gasteiger partial charge in [0.05, 0.1) is 18.8 Å². The van der Waals surface area contributed by atoms with E-state index in [0.29, 0.717) is 25.2 Å². The second kappa shape index (κ2) is 7.19. The van der Waals surface area contributed by atoms with Crippen LogP contribution in [0.3, 0.4) is 0 Å². The summed E-state index contributed by atoms with van der Waals surface area (Å²) in [7, 11) is 0. The quantitative estimate of drug-likeness (QED) is 0.629. The van der Waals surface area contributed by atoms with Crippen molar-refractivity contribution in [3.8, 4) is 0 Å². The predicted molar refractivity (Wildman–Crippen MR) is 60.2 cm³/mol. The SMILES string of the molecule is O=C(NCCOCCCl)c1ccc(F)cc1F. The van der Waals surface area contributed by atoms with Crippen LogP contribution in [0.2, 0.25) is 0 Å². The van der Waals surface area contributed by atoms with Gasteiger partial charge in [-0.25, -0.2) is 8.78 Å². The van der Waals surface area contributed by atoms with E-state index in [2.05, 4.69) is 5.32 Å². The number of carbonyl (C=O) groups excluding carboxylic acids is 1. The molecular formula is C11H12ClF2NO2. The van der Waals surface area contributed by atoms with Gasteiger partial charge in [-0.3, -0.25) is 4.79 Å². The minimum Gasteiger partial charge on any atom is -0.378 e. The molecule has 0 spiro atoms. The molecule has 0 aliphatic heterocycles. The highest BCUT2D eigenvalue weighted by Crippen LogP contribution is 2.08. The molecule has 0 bridgehead atoms. The summed E-state index contributed by atoms with van der Waals surface area (Å²) in [5.74, 6) is -1.83. The fraction of sp³-hybridized carbons (Fsp3) is 0.364. The molecule has 0 aliphatic carbocycles. The average molecular weight is 264 g/mol. The number of hydrogen-bond donors (Lipinski definition) is 1. The van der Waals surface area contributed by atoms with Crippen molar-refractivity contribution in [1.29, 1.82) is 0 Å². The van der Waals surface area contributed by atoms with E-state index in [1.807, 2.05) is 0 Å². The van der Waals surface area contributed by atoms with Crippen LogP contribution in [0.5, 0.6) is 0 Å². The molecule has 0 saturated heterocycles. The monoisotopic (exact) mass is 263 g/mol. The van der Waals surface area contributed by atoms with Gasteiger partial charge in [-0.2, -0.15) is 0 Å². The van der Waals surface area contributed by atoms with Gasteiger partial charge in [0.25, 0.3) is 5.91 Å². The number of amides is 1. The van der Waals surface area contributed by atoms with Crippen LogP contribution in [0.15, 0.2) is 18.2 Å². The fourth-order valence-corrected chi connectivity index (χ4v) is 1.27. The number of rotatable bonds is 6. The molecule has 17 heavy (non-hydrogen) atoms. The largest absolute Gasteiger partial charge is 0.378 e. The number of ether oxygens (including phenoxy) is 1. The third kappa shape index (κ3) is 4.66. The van der Waals surface area contributed by atoms with E-state index >= 15 is 0 Å². The van der Waals surface area contributed by atoms with Gasteiger partial charge in [-0.1, -0.05) is 0 Å². The molecule has 0 radical (unpaired) electrons. The van der Waals surface area contributed by atoms with Crippen LogP contribution in [-0.2, 0) is 4.74 Å². The van der Waals surface area contributed by atoms with E-state index < -0.39 is 17.5 Å². The first-order valence-corrected chi connectivity index (χ1v) is 5.55. The Kier molecular flexibility index (Phi) is 5.86. The first-order chi connectivity index (χ1) is 8.15. The molecule has 0 heterocycles. The molecule has 1 rings (SSSR count). The average Bonchev–Trinajstić information content (AvgIpc) is 2.28. The molecule has 1 aromatic carbocycles. The fourth-order valence-electron chi connectivity index (χ4n) is 1.16. The predicted octanol–water partition coefficient (Wildman–Crippen LogP) is 1.95. The zero-order valence-corrected chi connectivity index (χ0v) is 9.77. The zero-order valence-electron chi connectivity index (χ0n) is 9.01. The van der Waals surface area contributed by atoms with Crippen molar-refractivity contribution in [2.24, 2.45) is 0 Å². The summed E-state index contributed by atoms with van der Waals surface area (Å²) in [5.41, 5.74) is -0.191. The lowest BCUT2D eigenvalue weighted by Crippen LogP contribution is -2.28. The van der Waals surface area contributed by atoms with E-state index in [-0.39, 0.29) is 12.1 Å². The van der Waals surface area contributed by atoms with Crippen LogP contribution >= 0.6 is 11.6 Å². The summed E-state index contributed by atoms with van der Waals surface area (Å²) in [5, 5.41) is 2.45. The summed E-state index contributed by atoms with van der Waals surface area (Å²) in [6.45, 7) is 0.927. The summed E-state index contributed by atoms with van der Waals surface area (Å²) in [6, 6.07) is 2.79. The molecule has 1 amide bonds. The van der Waals surface area contributed by atoms with Crippen molar-refractivity contribution in [1.82, 2.24) is 5.32 Å². The number of halogens is 3. The van der Waals surface area contributed by atoms with Gasteiger partial charge in [-0.05, 0) is 12.1 Å². The summed E-state index contributed by atoms with van der Waals surface area (Å²) in [4.78, 5) is 11.5. The molecule has 1 aromatic rings. The topological polar surface area (TPSA) is 38.3 Å². The zero-order chi connectivity index (χ0) is 12.7. The molecule has 0 atom stereocenters. The summed E-state index contributed by atoms with van der Waals surface area (Å²) < 4.78 is 30.8. The van der Waals surface area contributed by atoms with Gasteiger partial charge in [0.2, 0.25) is 0 Å². The van der Waals surface area contributed by atoms with Crippen LogP contribution in [0.1, 0.15) is 10.4 Å². The Bertz CT molecular complexity index is 388. The van der Waals surface area contributed by atoms with Gasteiger partial charge in [0, 0.05) is 18.5 Å². The maximum Gasteiger partial charge on any atom is 0.254 e. The molecule has 0 aliphatic rings. The highest BCUT2D eigenvalue weighted by atomic mass is 35.5. The van der Waals surface area contributed by atoms with Crippen molar-refractivity contribution in [3.63, 3.8) is 0 Å². The number of hydrogen-bond acceptors (Lipinski definition) is 2. The Labute approximate surface area is 103 Å². The standard InChI is InChI=1S/C11H12ClF2NO2/c12-3-5-17-6-4-15-11(16)9-2-1-8(13)7-10(9)14/h1-2,7H,3-6H2,(H,15,16). The van der Waals surface area contributed by atoms with Crippen molar-refractivity contribution in [2.75, 3.05) is 25.6 Å². The molecule has 94 valence electrons. The molecule has 6 heteroatoms. The van der Waals surface area contributed by atoms with Crippen LogP contribution in [0.4, 0.5) is 8.78 Å². The van der Waals surface area contributed by atoms with Gasteiger partial charge >= 0.3 is 0 Å². The van der Waals surface area contributed by atoms with Gasteiger partial charge in [-0.15, -0.1) is 11.6 Å². The van der Waals surface area contributed by atoms with Crippen molar-refractivity contribution < 1.29 is 18.3 Å². The molecule has 0 unspecified atom stereocenters. The molecule has 3 nitrogen and oxygen atoms in total. The van der Waals surface area contributed by atoms with Crippen molar-refractivity contribution >= 4 is 17.5 Å². The van der Waals surface area contributed by atoms with Crippen LogP contribution < -0.4 is 5.32 Å². The van der Waals surface area contributed by atoms with E-state index in [1.54, 1.807) is 0 Å². The number of benzene rings is 1.